The highest BCUT2D eigenvalue weighted by atomic mass is 16.4. The summed E-state index contributed by atoms with van der Waals surface area (Å²) in [6.45, 7) is 5.77. The van der Waals surface area contributed by atoms with Crippen LogP contribution in [0.3, 0.4) is 0 Å². The normalized spacial score (nSPS) is 17.7. The van der Waals surface area contributed by atoms with E-state index in [1.165, 1.54) is 0 Å². The van der Waals surface area contributed by atoms with Crippen LogP contribution in [0.25, 0.3) is 0 Å². The molecule has 25 heavy (non-hydrogen) atoms. The lowest BCUT2D eigenvalue weighted by atomic mass is 10.1. The van der Waals surface area contributed by atoms with Crippen LogP contribution in [0.2, 0.25) is 0 Å². The molecule has 1 aliphatic rings. The smallest absolute Gasteiger partial charge is 0.220 e. The van der Waals surface area contributed by atoms with E-state index >= 15 is 0 Å². The molecule has 0 spiro atoms. The predicted molar refractivity (Wildman–Crippen MR) is 94.3 cm³/mol. The number of hydrogen-bond donors (Lipinski definition) is 1. The minimum atomic E-state index is 0.0252. The average molecular weight is 343 g/mol. The second-order valence-corrected chi connectivity index (χ2v) is 6.73. The number of anilines is 1. The first-order chi connectivity index (χ1) is 12.1. The Bertz CT molecular complexity index is 686. The van der Waals surface area contributed by atoms with Crippen LogP contribution >= 0.6 is 0 Å². The van der Waals surface area contributed by atoms with Gasteiger partial charge in [-0.05, 0) is 25.0 Å². The molecule has 3 rings (SSSR count). The van der Waals surface area contributed by atoms with Crippen molar-refractivity contribution in [2.75, 3.05) is 18.0 Å². The van der Waals surface area contributed by atoms with Crippen molar-refractivity contribution in [3.8, 4) is 0 Å². The summed E-state index contributed by atoms with van der Waals surface area (Å²) in [4.78, 5) is 18.9. The van der Waals surface area contributed by atoms with E-state index in [0.717, 1.165) is 31.7 Å². The summed E-state index contributed by atoms with van der Waals surface area (Å²) in [5.74, 6) is 2.34. The Morgan fingerprint density at radius 3 is 3.00 bits per heavy atom. The van der Waals surface area contributed by atoms with Crippen LogP contribution in [-0.2, 0) is 11.2 Å². The molecule has 0 radical (unpaired) electrons. The summed E-state index contributed by atoms with van der Waals surface area (Å²) in [6, 6.07) is 6.05. The van der Waals surface area contributed by atoms with Crippen molar-refractivity contribution in [1.82, 2.24) is 20.5 Å². The first kappa shape index (κ1) is 17.4. The molecule has 1 atom stereocenters. The van der Waals surface area contributed by atoms with Gasteiger partial charge in [-0.25, -0.2) is 4.98 Å². The van der Waals surface area contributed by atoms with Crippen LogP contribution < -0.4 is 10.2 Å². The van der Waals surface area contributed by atoms with Crippen LogP contribution in [0.1, 0.15) is 50.8 Å². The fraction of sp³-hybridized carbons (Fsp3) is 0.556. The van der Waals surface area contributed by atoms with Gasteiger partial charge >= 0.3 is 0 Å². The van der Waals surface area contributed by atoms with Crippen molar-refractivity contribution in [2.24, 2.45) is 0 Å². The second-order valence-electron chi connectivity index (χ2n) is 6.73. The van der Waals surface area contributed by atoms with Crippen LogP contribution in [0.4, 0.5) is 5.82 Å². The van der Waals surface area contributed by atoms with Gasteiger partial charge < -0.3 is 14.6 Å². The molecule has 1 N–H and O–H groups in total. The monoisotopic (exact) mass is 343 g/mol. The Morgan fingerprint density at radius 1 is 1.40 bits per heavy atom. The number of hydrogen-bond acceptors (Lipinski definition) is 6. The van der Waals surface area contributed by atoms with Gasteiger partial charge in [0.05, 0.1) is 0 Å². The molecule has 1 unspecified atom stereocenters. The third-order valence-electron chi connectivity index (χ3n) is 4.30. The Balaban J connectivity index is 1.47. The fourth-order valence-electron chi connectivity index (χ4n) is 2.97. The van der Waals surface area contributed by atoms with Crippen LogP contribution in [-0.4, -0.2) is 40.2 Å². The van der Waals surface area contributed by atoms with Gasteiger partial charge in [-0.1, -0.05) is 19.9 Å². The van der Waals surface area contributed by atoms with Gasteiger partial charge in [-0.15, -0.1) is 10.2 Å². The maximum Gasteiger partial charge on any atom is 0.220 e. The van der Waals surface area contributed by atoms with Gasteiger partial charge in [0.2, 0.25) is 17.7 Å². The molecule has 0 bridgehead atoms. The van der Waals surface area contributed by atoms with Crippen LogP contribution in [0.5, 0.6) is 0 Å². The Kier molecular flexibility index (Phi) is 5.63. The van der Waals surface area contributed by atoms with E-state index in [2.05, 4.69) is 25.4 Å². The molecule has 0 aromatic carbocycles. The molecule has 7 nitrogen and oxygen atoms in total. The molecule has 1 aliphatic heterocycles. The highest BCUT2D eigenvalue weighted by molar-refractivity contribution is 5.76. The molecule has 1 fully saturated rings. The molecule has 134 valence electrons. The Labute approximate surface area is 147 Å². The summed E-state index contributed by atoms with van der Waals surface area (Å²) in [5, 5.41) is 11.1. The number of carbonyl (C=O) groups is 1. The Morgan fingerprint density at radius 2 is 2.28 bits per heavy atom. The van der Waals surface area contributed by atoms with Crippen molar-refractivity contribution in [3.05, 3.63) is 36.2 Å². The molecule has 2 aromatic rings. The van der Waals surface area contributed by atoms with Crippen molar-refractivity contribution in [3.63, 3.8) is 0 Å². The molecule has 7 heteroatoms. The number of rotatable bonds is 6. The lowest BCUT2D eigenvalue weighted by Crippen LogP contribution is -2.48. The number of aryl methyl sites for hydroxylation is 1. The van der Waals surface area contributed by atoms with E-state index in [9.17, 15) is 4.79 Å². The molecule has 1 amide bonds. The molecular weight excluding hydrogens is 318 g/mol. The van der Waals surface area contributed by atoms with E-state index in [0.29, 0.717) is 24.6 Å². The SMILES string of the molecule is CC(C)c1nnc(CCC(=O)NC2CCCN(c3ccccn3)C2)o1. The van der Waals surface area contributed by atoms with Crippen LogP contribution in [0.15, 0.2) is 28.8 Å². The van der Waals surface area contributed by atoms with Crippen molar-refractivity contribution in [2.45, 2.75) is 51.5 Å². The highest BCUT2D eigenvalue weighted by Gasteiger charge is 2.22. The Hall–Kier alpha value is -2.44. The highest BCUT2D eigenvalue weighted by Crippen LogP contribution is 2.17. The van der Waals surface area contributed by atoms with E-state index in [4.69, 9.17) is 4.42 Å². The third-order valence-corrected chi connectivity index (χ3v) is 4.30. The van der Waals surface area contributed by atoms with Gasteiger partial charge in [0.25, 0.3) is 0 Å². The van der Waals surface area contributed by atoms with Gasteiger partial charge in [0.1, 0.15) is 5.82 Å². The van der Waals surface area contributed by atoms with Crippen molar-refractivity contribution >= 4 is 11.7 Å². The molecule has 0 aliphatic carbocycles. The van der Waals surface area contributed by atoms with E-state index < -0.39 is 0 Å². The zero-order valence-electron chi connectivity index (χ0n) is 14.8. The number of piperidine rings is 1. The molecule has 2 aromatic heterocycles. The summed E-state index contributed by atoms with van der Waals surface area (Å²) < 4.78 is 5.54. The quantitative estimate of drug-likeness (QED) is 0.866. The average Bonchev–Trinajstić information content (AvgIpc) is 3.10. The van der Waals surface area contributed by atoms with E-state index in [1.807, 2.05) is 32.0 Å². The van der Waals surface area contributed by atoms with E-state index in [-0.39, 0.29) is 17.9 Å². The zero-order chi connectivity index (χ0) is 17.6. The first-order valence-electron chi connectivity index (χ1n) is 8.89. The number of aromatic nitrogens is 3. The fourth-order valence-corrected chi connectivity index (χ4v) is 2.97. The predicted octanol–water partition coefficient (Wildman–Crippen LogP) is 2.31. The second kappa shape index (κ2) is 8.09. The topological polar surface area (TPSA) is 84.2 Å². The largest absolute Gasteiger partial charge is 0.425 e. The summed E-state index contributed by atoms with van der Waals surface area (Å²) in [6.07, 6.45) is 4.67. The van der Waals surface area contributed by atoms with Crippen molar-refractivity contribution < 1.29 is 9.21 Å². The zero-order valence-corrected chi connectivity index (χ0v) is 14.8. The maximum absolute atomic E-state index is 12.2. The molecular formula is C18H25N5O2. The number of nitrogens with zero attached hydrogens (tertiary/aromatic N) is 4. The van der Waals surface area contributed by atoms with E-state index in [1.54, 1.807) is 6.20 Å². The lowest BCUT2D eigenvalue weighted by Gasteiger charge is -2.33. The number of nitrogens with one attached hydrogen (secondary N) is 1. The van der Waals surface area contributed by atoms with Gasteiger partial charge in [0, 0.05) is 44.1 Å². The minimum absolute atomic E-state index is 0.0252. The number of carbonyl (C=O) groups excluding carboxylic acids is 1. The minimum Gasteiger partial charge on any atom is -0.425 e. The van der Waals surface area contributed by atoms with Gasteiger partial charge in [-0.3, -0.25) is 4.79 Å². The van der Waals surface area contributed by atoms with Gasteiger partial charge in [0.15, 0.2) is 0 Å². The summed E-state index contributed by atoms with van der Waals surface area (Å²) in [7, 11) is 0. The van der Waals surface area contributed by atoms with Crippen molar-refractivity contribution in [1.29, 1.82) is 0 Å². The number of amides is 1. The first-order valence-corrected chi connectivity index (χ1v) is 8.89. The standard InChI is InChI=1S/C18H25N5O2/c1-13(2)18-22-21-17(25-18)9-8-16(24)20-14-6-5-11-23(12-14)15-7-3-4-10-19-15/h3-4,7,10,13-14H,5-6,8-9,11-12H2,1-2H3,(H,20,24). The van der Waals surface area contributed by atoms with Crippen LogP contribution in [0, 0.1) is 0 Å². The lowest BCUT2D eigenvalue weighted by molar-refractivity contribution is -0.121. The maximum atomic E-state index is 12.2. The molecule has 1 saturated heterocycles. The third kappa shape index (κ3) is 4.78. The number of pyridine rings is 1. The molecule has 0 saturated carbocycles. The summed E-state index contributed by atoms with van der Waals surface area (Å²) >= 11 is 0. The van der Waals surface area contributed by atoms with Gasteiger partial charge in [-0.2, -0.15) is 0 Å². The molecule has 3 heterocycles. The summed E-state index contributed by atoms with van der Waals surface area (Å²) in [5.41, 5.74) is 0.